The fraction of sp³-hybridized carbons (Fsp3) is 0.111. The van der Waals surface area contributed by atoms with Crippen LogP contribution in [0.4, 0.5) is 10.3 Å². The Bertz CT molecular complexity index is 517. The van der Waals surface area contributed by atoms with E-state index < -0.39 is 5.82 Å². The smallest absolute Gasteiger partial charge is 0.238 e. The zero-order valence-corrected chi connectivity index (χ0v) is 9.70. The van der Waals surface area contributed by atoms with Crippen LogP contribution in [-0.2, 0) is 0 Å². The molecule has 0 aromatic carbocycles. The molecule has 3 N–H and O–H groups in total. The average molecular weight is 252 g/mol. The third-order valence-corrected chi connectivity index (χ3v) is 2.66. The van der Waals surface area contributed by atoms with Gasteiger partial charge in [-0.05, 0) is 24.2 Å². The van der Waals surface area contributed by atoms with Gasteiger partial charge in [-0.25, -0.2) is 30.2 Å². The first kappa shape index (κ1) is 11.7. The number of hydrogen-bond acceptors (Lipinski definition) is 7. The number of aryl methyl sites for hydroxylation is 1. The minimum Gasteiger partial charge on any atom is -0.292 e. The maximum Gasteiger partial charge on any atom is 0.238 e. The van der Waals surface area contributed by atoms with Crippen LogP contribution in [0.3, 0.4) is 0 Å². The quantitative estimate of drug-likeness (QED) is 0.366. The molecule has 0 atom stereocenters. The summed E-state index contributed by atoms with van der Waals surface area (Å²) in [6.45, 7) is 1.87. The summed E-state index contributed by atoms with van der Waals surface area (Å²) in [7, 11) is 0. The summed E-state index contributed by atoms with van der Waals surface area (Å²) in [4.78, 5) is 15.6. The number of halogens is 1. The zero-order valence-electron chi connectivity index (χ0n) is 8.88. The molecular formula is C9H9FN6S. The Balaban J connectivity index is 2.25. The van der Waals surface area contributed by atoms with Crippen molar-refractivity contribution < 1.29 is 4.39 Å². The summed E-state index contributed by atoms with van der Waals surface area (Å²) in [6.07, 6.45) is 4.34. The molecule has 0 bridgehead atoms. The first-order valence-electron chi connectivity index (χ1n) is 4.64. The van der Waals surface area contributed by atoms with Gasteiger partial charge in [-0.3, -0.25) is 5.43 Å². The lowest BCUT2D eigenvalue weighted by atomic mass is 10.4. The van der Waals surface area contributed by atoms with E-state index in [1.54, 1.807) is 12.4 Å². The second-order valence-electron chi connectivity index (χ2n) is 3.14. The van der Waals surface area contributed by atoms with Crippen molar-refractivity contribution in [2.24, 2.45) is 5.84 Å². The van der Waals surface area contributed by atoms with Crippen LogP contribution in [0.25, 0.3) is 0 Å². The highest BCUT2D eigenvalue weighted by molar-refractivity contribution is 7.99. The van der Waals surface area contributed by atoms with Gasteiger partial charge in [0, 0.05) is 12.4 Å². The highest BCUT2D eigenvalue weighted by Crippen LogP contribution is 2.25. The number of anilines is 1. The molecule has 0 saturated heterocycles. The van der Waals surface area contributed by atoms with E-state index in [-0.39, 0.29) is 11.0 Å². The number of nitrogens with zero attached hydrogens (tertiary/aromatic N) is 4. The van der Waals surface area contributed by atoms with Gasteiger partial charge in [0.25, 0.3) is 0 Å². The largest absolute Gasteiger partial charge is 0.292 e. The van der Waals surface area contributed by atoms with E-state index in [4.69, 9.17) is 5.84 Å². The molecule has 0 aliphatic carbocycles. The van der Waals surface area contributed by atoms with E-state index >= 15 is 0 Å². The van der Waals surface area contributed by atoms with Crippen molar-refractivity contribution in [1.29, 1.82) is 0 Å². The topological polar surface area (TPSA) is 89.6 Å². The van der Waals surface area contributed by atoms with Crippen molar-refractivity contribution >= 4 is 17.7 Å². The van der Waals surface area contributed by atoms with Gasteiger partial charge in [-0.15, -0.1) is 0 Å². The Kier molecular flexibility index (Phi) is 3.45. The number of nitrogens with one attached hydrogen (secondary N) is 1. The maximum atomic E-state index is 13.4. The molecule has 0 fully saturated rings. The molecule has 0 unspecified atom stereocenters. The van der Waals surface area contributed by atoms with Gasteiger partial charge in [-0.1, -0.05) is 0 Å². The molecule has 0 spiro atoms. The van der Waals surface area contributed by atoms with Gasteiger partial charge in [0.05, 0.1) is 6.20 Å². The van der Waals surface area contributed by atoms with Crippen LogP contribution in [0, 0.1) is 12.7 Å². The van der Waals surface area contributed by atoms with E-state index in [2.05, 4.69) is 25.4 Å². The molecule has 0 radical (unpaired) electrons. The molecule has 2 rings (SSSR count). The van der Waals surface area contributed by atoms with Crippen molar-refractivity contribution in [1.82, 2.24) is 19.9 Å². The van der Waals surface area contributed by atoms with Crippen LogP contribution in [0.15, 0.2) is 28.8 Å². The minimum atomic E-state index is -0.543. The maximum absolute atomic E-state index is 13.4. The Morgan fingerprint density at radius 3 is 2.59 bits per heavy atom. The predicted molar refractivity (Wildman–Crippen MR) is 60.7 cm³/mol. The van der Waals surface area contributed by atoms with Crippen LogP contribution < -0.4 is 11.3 Å². The molecule has 2 aromatic rings. The molecule has 0 amide bonds. The molecule has 6 nitrogen and oxygen atoms in total. The predicted octanol–water partition coefficient (Wildman–Crippen LogP) is 1.15. The van der Waals surface area contributed by atoms with Gasteiger partial charge >= 0.3 is 0 Å². The number of aromatic nitrogens is 4. The van der Waals surface area contributed by atoms with E-state index in [1.165, 1.54) is 0 Å². The van der Waals surface area contributed by atoms with Crippen molar-refractivity contribution in [2.45, 2.75) is 17.1 Å². The highest BCUT2D eigenvalue weighted by atomic mass is 32.2. The number of hydrogen-bond donors (Lipinski definition) is 2. The second kappa shape index (κ2) is 5.02. The zero-order chi connectivity index (χ0) is 12.3. The van der Waals surface area contributed by atoms with Gasteiger partial charge in [0.1, 0.15) is 5.03 Å². The Morgan fingerprint density at radius 1 is 1.24 bits per heavy atom. The Morgan fingerprint density at radius 2 is 1.94 bits per heavy atom. The van der Waals surface area contributed by atoms with Gasteiger partial charge in [0.15, 0.2) is 11.0 Å². The number of nitrogen functional groups attached to an aromatic ring is 1. The summed E-state index contributed by atoms with van der Waals surface area (Å²) in [6, 6.07) is 0. The lowest BCUT2D eigenvalue weighted by Gasteiger charge is -2.03. The highest BCUT2D eigenvalue weighted by Gasteiger charge is 2.09. The van der Waals surface area contributed by atoms with Gasteiger partial charge in [0.2, 0.25) is 5.95 Å². The van der Waals surface area contributed by atoms with E-state index in [9.17, 15) is 4.39 Å². The second-order valence-corrected chi connectivity index (χ2v) is 4.09. The Labute approximate surface area is 101 Å². The number of rotatable bonds is 3. The van der Waals surface area contributed by atoms with Crippen LogP contribution in [-0.4, -0.2) is 19.9 Å². The minimum absolute atomic E-state index is 0.122. The summed E-state index contributed by atoms with van der Waals surface area (Å²) >= 11 is 1.01. The molecule has 0 aliphatic rings. The summed E-state index contributed by atoms with van der Waals surface area (Å²) in [5, 5.41) is 0.535. The van der Waals surface area contributed by atoms with E-state index in [0.29, 0.717) is 5.16 Å². The fourth-order valence-corrected chi connectivity index (χ4v) is 1.68. The lowest BCUT2D eigenvalue weighted by molar-refractivity contribution is 0.579. The monoisotopic (exact) mass is 252 g/mol. The average Bonchev–Trinajstić information content (AvgIpc) is 2.35. The van der Waals surface area contributed by atoms with Gasteiger partial charge < -0.3 is 0 Å². The summed E-state index contributed by atoms with van der Waals surface area (Å²) in [5.41, 5.74) is 3.18. The van der Waals surface area contributed by atoms with Crippen molar-refractivity contribution in [3.63, 3.8) is 0 Å². The van der Waals surface area contributed by atoms with Gasteiger partial charge in [-0.2, -0.15) is 0 Å². The van der Waals surface area contributed by atoms with E-state index in [1.807, 2.05) is 6.92 Å². The third kappa shape index (κ3) is 2.86. The third-order valence-electron chi connectivity index (χ3n) is 1.79. The molecule has 2 aromatic heterocycles. The molecule has 0 saturated carbocycles. The molecule has 17 heavy (non-hydrogen) atoms. The van der Waals surface area contributed by atoms with Crippen LogP contribution >= 0.6 is 11.8 Å². The van der Waals surface area contributed by atoms with Crippen LogP contribution in [0.2, 0.25) is 0 Å². The van der Waals surface area contributed by atoms with Crippen molar-refractivity contribution in [3.8, 4) is 0 Å². The van der Waals surface area contributed by atoms with E-state index in [0.717, 1.165) is 23.5 Å². The normalized spacial score (nSPS) is 10.3. The van der Waals surface area contributed by atoms with Crippen molar-refractivity contribution in [2.75, 3.05) is 5.43 Å². The van der Waals surface area contributed by atoms with Crippen LogP contribution in [0.1, 0.15) is 5.56 Å². The number of hydrazine groups is 1. The SMILES string of the molecule is Cc1cnc(Sc2nc(NN)ncc2F)nc1. The first-order chi connectivity index (χ1) is 8.19. The molecule has 2 heterocycles. The summed E-state index contributed by atoms with van der Waals surface area (Å²) < 4.78 is 13.4. The summed E-state index contributed by atoms with van der Waals surface area (Å²) in [5.74, 6) is 4.74. The van der Waals surface area contributed by atoms with Crippen molar-refractivity contribution in [3.05, 3.63) is 30.0 Å². The first-order valence-corrected chi connectivity index (χ1v) is 5.46. The lowest BCUT2D eigenvalue weighted by Crippen LogP contribution is -2.11. The molecule has 88 valence electrons. The number of nitrogens with two attached hydrogens (primary N) is 1. The Hall–Kier alpha value is -1.80. The molecule has 8 heteroatoms. The van der Waals surface area contributed by atoms with Crippen LogP contribution in [0.5, 0.6) is 0 Å². The standard InChI is InChI=1S/C9H9FN6S/c1-5-2-13-9(14-3-5)17-7-6(10)4-12-8(15-7)16-11/h2-4H,11H2,1H3,(H,12,15,16). The molecular weight excluding hydrogens is 243 g/mol. The fourth-order valence-electron chi connectivity index (χ4n) is 1.01. The molecule has 0 aliphatic heterocycles.